The lowest BCUT2D eigenvalue weighted by Gasteiger charge is -2.34. The molecule has 0 aromatic carbocycles. The van der Waals surface area contributed by atoms with Crippen molar-refractivity contribution < 1.29 is 9.59 Å². The summed E-state index contributed by atoms with van der Waals surface area (Å²) in [4.78, 5) is 24.9. The molecule has 0 saturated carbocycles. The van der Waals surface area contributed by atoms with Crippen molar-refractivity contribution in [2.75, 3.05) is 26.2 Å². The van der Waals surface area contributed by atoms with Crippen LogP contribution >= 0.6 is 0 Å². The predicted molar refractivity (Wildman–Crippen MR) is 70.0 cm³/mol. The van der Waals surface area contributed by atoms with Crippen LogP contribution in [0.4, 0.5) is 4.79 Å². The largest absolute Gasteiger partial charge is 0.338 e. The van der Waals surface area contributed by atoms with Crippen LogP contribution in [0, 0.1) is 5.92 Å². The van der Waals surface area contributed by atoms with Gasteiger partial charge in [0, 0.05) is 19.1 Å². The van der Waals surface area contributed by atoms with E-state index < -0.39 is 6.03 Å². The first-order valence-corrected chi connectivity index (χ1v) is 6.58. The summed E-state index contributed by atoms with van der Waals surface area (Å²) >= 11 is 0. The highest BCUT2D eigenvalue weighted by Crippen LogP contribution is 2.18. The Balaban J connectivity index is 2.33. The predicted octanol–water partition coefficient (Wildman–Crippen LogP) is -0.109. The molecule has 0 radical (unpaired) electrons. The molecule has 104 valence electrons. The van der Waals surface area contributed by atoms with Crippen LogP contribution in [0.25, 0.3) is 0 Å². The number of imide groups is 1. The number of piperidine rings is 1. The normalized spacial score (nSPS) is 22.3. The SMILES string of the molecule is CCNC(=O)NC(=O)CN1CCCC(C(C)N)C1. The van der Waals surface area contributed by atoms with Crippen molar-refractivity contribution in [3.63, 3.8) is 0 Å². The lowest BCUT2D eigenvalue weighted by atomic mass is 9.92. The van der Waals surface area contributed by atoms with Crippen LogP contribution in [0.15, 0.2) is 0 Å². The van der Waals surface area contributed by atoms with Crippen LogP contribution in [-0.2, 0) is 4.79 Å². The highest BCUT2D eigenvalue weighted by Gasteiger charge is 2.24. The molecular formula is C12H24N4O2. The molecule has 0 bridgehead atoms. The number of nitrogens with zero attached hydrogens (tertiary/aromatic N) is 1. The second-order valence-electron chi connectivity index (χ2n) is 4.90. The molecule has 1 saturated heterocycles. The lowest BCUT2D eigenvalue weighted by Crippen LogP contribution is -2.48. The third-order valence-corrected chi connectivity index (χ3v) is 3.24. The molecule has 0 spiro atoms. The topological polar surface area (TPSA) is 87.5 Å². The van der Waals surface area contributed by atoms with Gasteiger partial charge in [0.25, 0.3) is 0 Å². The molecular weight excluding hydrogens is 232 g/mol. The fraction of sp³-hybridized carbons (Fsp3) is 0.833. The maximum atomic E-state index is 11.6. The van der Waals surface area contributed by atoms with Crippen molar-refractivity contribution in [1.82, 2.24) is 15.5 Å². The Morgan fingerprint density at radius 2 is 2.22 bits per heavy atom. The van der Waals surface area contributed by atoms with Crippen molar-refractivity contribution >= 4 is 11.9 Å². The van der Waals surface area contributed by atoms with Crippen LogP contribution in [0.3, 0.4) is 0 Å². The molecule has 0 aliphatic carbocycles. The Hall–Kier alpha value is -1.14. The first-order chi connectivity index (χ1) is 8.52. The Labute approximate surface area is 108 Å². The fourth-order valence-corrected chi connectivity index (χ4v) is 2.24. The van der Waals surface area contributed by atoms with Crippen molar-refractivity contribution in [3.05, 3.63) is 0 Å². The molecule has 1 rings (SSSR count). The number of nitrogens with two attached hydrogens (primary N) is 1. The molecule has 1 aliphatic heterocycles. The van der Waals surface area contributed by atoms with E-state index in [1.807, 2.05) is 13.8 Å². The van der Waals surface area contributed by atoms with Gasteiger partial charge in [-0.05, 0) is 39.2 Å². The monoisotopic (exact) mass is 256 g/mol. The van der Waals surface area contributed by atoms with Crippen LogP contribution in [-0.4, -0.2) is 49.1 Å². The molecule has 1 fully saturated rings. The van der Waals surface area contributed by atoms with Gasteiger partial charge in [-0.25, -0.2) is 4.79 Å². The van der Waals surface area contributed by atoms with Crippen molar-refractivity contribution in [2.24, 2.45) is 11.7 Å². The van der Waals surface area contributed by atoms with Crippen LogP contribution in [0.2, 0.25) is 0 Å². The number of carbonyl (C=O) groups is 2. The maximum Gasteiger partial charge on any atom is 0.321 e. The number of urea groups is 1. The number of hydrogen-bond acceptors (Lipinski definition) is 4. The lowest BCUT2D eigenvalue weighted by molar-refractivity contribution is -0.121. The number of amides is 3. The van der Waals surface area contributed by atoms with Gasteiger partial charge in [-0.1, -0.05) is 0 Å². The van der Waals surface area contributed by atoms with Gasteiger partial charge in [0.05, 0.1) is 6.54 Å². The molecule has 1 heterocycles. The molecule has 2 unspecified atom stereocenters. The summed E-state index contributed by atoms with van der Waals surface area (Å²) < 4.78 is 0. The summed E-state index contributed by atoms with van der Waals surface area (Å²) in [5.41, 5.74) is 5.89. The number of rotatable bonds is 4. The number of nitrogens with one attached hydrogen (secondary N) is 2. The summed E-state index contributed by atoms with van der Waals surface area (Å²) in [7, 11) is 0. The molecule has 6 nitrogen and oxygen atoms in total. The number of likely N-dealkylation sites (tertiary alicyclic amines) is 1. The highest BCUT2D eigenvalue weighted by atomic mass is 16.2. The minimum absolute atomic E-state index is 0.152. The molecule has 0 aromatic heterocycles. The molecule has 2 atom stereocenters. The van der Waals surface area contributed by atoms with Gasteiger partial charge < -0.3 is 11.1 Å². The van der Waals surface area contributed by atoms with E-state index in [0.29, 0.717) is 12.5 Å². The third-order valence-electron chi connectivity index (χ3n) is 3.24. The van der Waals surface area contributed by atoms with Crippen LogP contribution in [0.1, 0.15) is 26.7 Å². The van der Waals surface area contributed by atoms with Crippen molar-refractivity contribution in [1.29, 1.82) is 0 Å². The average molecular weight is 256 g/mol. The average Bonchev–Trinajstić information content (AvgIpc) is 2.29. The van der Waals surface area contributed by atoms with Crippen molar-refractivity contribution in [3.8, 4) is 0 Å². The van der Waals surface area contributed by atoms with Crippen molar-refractivity contribution in [2.45, 2.75) is 32.7 Å². The third kappa shape index (κ3) is 5.01. The van der Waals surface area contributed by atoms with E-state index in [9.17, 15) is 9.59 Å². The quantitative estimate of drug-likeness (QED) is 0.655. The van der Waals surface area contributed by atoms with Gasteiger partial charge in [-0.15, -0.1) is 0 Å². The zero-order valence-electron chi connectivity index (χ0n) is 11.2. The van der Waals surface area contributed by atoms with E-state index in [0.717, 1.165) is 25.9 Å². The van der Waals surface area contributed by atoms with Gasteiger partial charge in [0.15, 0.2) is 0 Å². The minimum Gasteiger partial charge on any atom is -0.338 e. The second-order valence-corrected chi connectivity index (χ2v) is 4.90. The first-order valence-electron chi connectivity index (χ1n) is 6.58. The van der Waals surface area contributed by atoms with Crippen LogP contribution < -0.4 is 16.4 Å². The summed E-state index contributed by atoms with van der Waals surface area (Å²) in [6, 6.07) is -0.275. The second kappa shape index (κ2) is 7.33. The van der Waals surface area contributed by atoms with E-state index in [1.54, 1.807) is 0 Å². The molecule has 1 aliphatic rings. The standard InChI is InChI=1S/C12H24N4O2/c1-3-14-12(18)15-11(17)8-16-6-4-5-10(7-16)9(2)13/h9-10H,3-8,13H2,1-2H3,(H2,14,15,17,18). The van der Waals surface area contributed by atoms with Gasteiger partial charge in [0.2, 0.25) is 5.91 Å². The van der Waals surface area contributed by atoms with Crippen LogP contribution in [0.5, 0.6) is 0 Å². The summed E-state index contributed by atoms with van der Waals surface area (Å²) in [5, 5.41) is 4.84. The minimum atomic E-state index is -0.428. The summed E-state index contributed by atoms with van der Waals surface area (Å²) in [6.45, 7) is 6.31. The maximum absolute atomic E-state index is 11.6. The Bertz CT molecular complexity index is 294. The Morgan fingerprint density at radius 1 is 1.50 bits per heavy atom. The molecule has 0 aromatic rings. The highest BCUT2D eigenvalue weighted by molar-refractivity contribution is 5.95. The van der Waals surface area contributed by atoms with Gasteiger partial charge >= 0.3 is 6.03 Å². The van der Waals surface area contributed by atoms with E-state index in [1.165, 1.54) is 0 Å². The van der Waals surface area contributed by atoms with Gasteiger partial charge in [-0.3, -0.25) is 15.0 Å². The molecule has 18 heavy (non-hydrogen) atoms. The Morgan fingerprint density at radius 3 is 2.83 bits per heavy atom. The summed E-state index contributed by atoms with van der Waals surface area (Å²) in [6.07, 6.45) is 2.17. The van der Waals surface area contributed by atoms with E-state index in [-0.39, 0.29) is 18.5 Å². The molecule has 3 amide bonds. The van der Waals surface area contributed by atoms with Gasteiger partial charge in [-0.2, -0.15) is 0 Å². The number of hydrogen-bond donors (Lipinski definition) is 3. The smallest absolute Gasteiger partial charge is 0.321 e. The number of carbonyl (C=O) groups excluding carboxylic acids is 2. The van der Waals surface area contributed by atoms with Gasteiger partial charge in [0.1, 0.15) is 0 Å². The zero-order chi connectivity index (χ0) is 13.5. The molecule has 4 N–H and O–H groups in total. The first kappa shape index (κ1) is 14.9. The fourth-order valence-electron chi connectivity index (χ4n) is 2.24. The zero-order valence-corrected chi connectivity index (χ0v) is 11.2. The Kier molecular flexibility index (Phi) is 6.07. The van der Waals surface area contributed by atoms with E-state index in [4.69, 9.17) is 5.73 Å². The summed E-state index contributed by atoms with van der Waals surface area (Å²) in [5.74, 6) is 0.183. The van der Waals surface area contributed by atoms with E-state index in [2.05, 4.69) is 15.5 Å². The molecule has 6 heteroatoms. The van der Waals surface area contributed by atoms with E-state index >= 15 is 0 Å².